The van der Waals surface area contributed by atoms with Gasteiger partial charge in [0.1, 0.15) is 23.8 Å². The number of benzene rings is 2. The van der Waals surface area contributed by atoms with Gasteiger partial charge in [-0.15, -0.1) is 0 Å². The van der Waals surface area contributed by atoms with E-state index in [1.54, 1.807) is 4.90 Å². The summed E-state index contributed by atoms with van der Waals surface area (Å²) in [5.74, 6) is 0.968. The first-order valence-electron chi connectivity index (χ1n) is 18.8. The van der Waals surface area contributed by atoms with Gasteiger partial charge < -0.3 is 39.7 Å². The summed E-state index contributed by atoms with van der Waals surface area (Å²) in [6, 6.07) is 15.5. The summed E-state index contributed by atoms with van der Waals surface area (Å²) in [7, 11) is 1.30. The van der Waals surface area contributed by atoms with Gasteiger partial charge in [0, 0.05) is 25.3 Å². The lowest BCUT2D eigenvalue weighted by Gasteiger charge is -2.28. The average molecular weight is 724 g/mol. The van der Waals surface area contributed by atoms with Crippen LogP contribution in [0, 0.1) is 5.92 Å². The maximum atomic E-state index is 13.7. The van der Waals surface area contributed by atoms with Crippen molar-refractivity contribution in [3.63, 3.8) is 0 Å². The zero-order valence-corrected chi connectivity index (χ0v) is 30.6. The molecule has 5 heterocycles. The number of nitrogens with zero attached hydrogens (tertiary/aromatic N) is 4. The number of amides is 3. The van der Waals surface area contributed by atoms with Gasteiger partial charge in [0.15, 0.2) is 0 Å². The first-order valence-corrected chi connectivity index (χ1v) is 18.8. The summed E-state index contributed by atoms with van der Waals surface area (Å²) in [6.45, 7) is 5.81. The van der Waals surface area contributed by atoms with Gasteiger partial charge in [-0.05, 0) is 67.6 Å². The molecule has 2 bridgehead atoms. The van der Waals surface area contributed by atoms with E-state index in [9.17, 15) is 19.5 Å². The van der Waals surface area contributed by atoms with Crippen molar-refractivity contribution in [2.24, 2.45) is 5.92 Å². The fraction of sp³-hybridized carbons (Fsp3) is 0.475. The lowest BCUT2D eigenvalue weighted by atomic mass is 10.0. The number of likely N-dealkylation sites (tertiary alicyclic amines) is 1. The molecule has 2 aromatic carbocycles. The Hall–Kier alpha value is -5.01. The van der Waals surface area contributed by atoms with E-state index in [0.29, 0.717) is 32.7 Å². The number of hydrogen-bond acceptors (Lipinski definition) is 8. The van der Waals surface area contributed by atoms with Gasteiger partial charge in [-0.1, -0.05) is 62.4 Å². The maximum absolute atomic E-state index is 13.7. The van der Waals surface area contributed by atoms with Gasteiger partial charge in [0.05, 0.1) is 49.1 Å². The number of aromatic amines is 2. The molecule has 4 N–H and O–H groups in total. The van der Waals surface area contributed by atoms with Crippen molar-refractivity contribution < 1.29 is 29.0 Å². The molecule has 4 atom stereocenters. The molecule has 13 heteroatoms. The number of H-pyrrole nitrogens is 2. The third-order valence-corrected chi connectivity index (χ3v) is 10.7. The number of nitrogens with one attached hydrogen (secondary N) is 3. The Morgan fingerprint density at radius 3 is 2.28 bits per heavy atom. The Kier molecular flexibility index (Phi) is 10.9. The van der Waals surface area contributed by atoms with Gasteiger partial charge in [-0.2, -0.15) is 0 Å². The summed E-state index contributed by atoms with van der Waals surface area (Å²) in [5, 5.41) is 13.1. The number of aromatic nitrogens is 4. The van der Waals surface area contributed by atoms with Crippen LogP contribution >= 0.6 is 0 Å². The topological polar surface area (TPSA) is 166 Å². The largest absolute Gasteiger partial charge is 0.453 e. The lowest BCUT2D eigenvalue weighted by Crippen LogP contribution is -2.48. The van der Waals surface area contributed by atoms with Crippen LogP contribution in [-0.2, 0) is 25.7 Å². The molecule has 0 radical (unpaired) electrons. The van der Waals surface area contributed by atoms with E-state index in [-0.39, 0.29) is 29.8 Å². The van der Waals surface area contributed by atoms with Crippen molar-refractivity contribution in [3.8, 4) is 33.6 Å². The number of aliphatic hydroxyl groups excluding tert-OH is 1. The summed E-state index contributed by atoms with van der Waals surface area (Å²) >= 11 is 0. The Labute approximate surface area is 309 Å². The van der Waals surface area contributed by atoms with Crippen molar-refractivity contribution in [3.05, 3.63) is 72.1 Å². The van der Waals surface area contributed by atoms with Crippen LogP contribution in [0.5, 0.6) is 0 Å². The molecule has 2 fully saturated rings. The number of methoxy groups -OCH3 is 1. The van der Waals surface area contributed by atoms with Crippen LogP contribution in [0.3, 0.4) is 0 Å². The number of ether oxygens (including phenoxy) is 2. The van der Waals surface area contributed by atoms with E-state index < -0.39 is 18.2 Å². The second kappa shape index (κ2) is 15.9. The molecule has 0 spiro atoms. The minimum Gasteiger partial charge on any atom is -0.453 e. The van der Waals surface area contributed by atoms with E-state index in [0.717, 1.165) is 89.5 Å². The van der Waals surface area contributed by atoms with Crippen LogP contribution in [0.1, 0.15) is 88.2 Å². The van der Waals surface area contributed by atoms with E-state index in [2.05, 4.69) is 68.8 Å². The molecule has 280 valence electrons. The summed E-state index contributed by atoms with van der Waals surface area (Å²) in [5.41, 5.74) is 6.61. The third-order valence-electron chi connectivity index (χ3n) is 10.7. The molecule has 0 saturated carbocycles. The van der Waals surface area contributed by atoms with Gasteiger partial charge >= 0.3 is 6.09 Å². The van der Waals surface area contributed by atoms with E-state index in [1.807, 2.05) is 24.9 Å². The van der Waals surface area contributed by atoms with Gasteiger partial charge in [-0.3, -0.25) is 9.59 Å². The molecular weight excluding hydrogens is 674 g/mol. The van der Waals surface area contributed by atoms with E-state index in [1.165, 1.54) is 7.11 Å². The second-order valence-corrected chi connectivity index (χ2v) is 14.6. The lowest BCUT2D eigenvalue weighted by molar-refractivity contribution is -0.143. The van der Waals surface area contributed by atoms with Crippen molar-refractivity contribution in [1.82, 2.24) is 35.1 Å². The highest BCUT2D eigenvalue weighted by Crippen LogP contribution is 2.36. The second-order valence-electron chi connectivity index (χ2n) is 14.6. The zero-order chi connectivity index (χ0) is 37.1. The number of aliphatic hydroxyl groups is 1. The molecule has 3 aliphatic rings. The molecule has 3 amide bonds. The predicted octanol–water partition coefficient (Wildman–Crippen LogP) is 5.90. The van der Waals surface area contributed by atoms with Crippen LogP contribution in [-0.4, -0.2) is 91.7 Å². The van der Waals surface area contributed by atoms with Gasteiger partial charge in [0.25, 0.3) is 5.91 Å². The highest BCUT2D eigenvalue weighted by Gasteiger charge is 2.38. The number of imidazole rings is 2. The van der Waals surface area contributed by atoms with Crippen LogP contribution in [0.25, 0.3) is 33.6 Å². The molecule has 0 aliphatic carbocycles. The van der Waals surface area contributed by atoms with Crippen LogP contribution in [0.4, 0.5) is 4.79 Å². The standard InChI is InChI=1S/C40H49N7O6/c1-24(2)35(48)39(50)47-20-6-9-32(47)36-41-22-30(42-36)27-15-11-25(12-16-27)26-13-17-28(18-14-26)34-31-23-53-21-5-4-8-29(44-40(51)52-3)38(49)46-19-7-10-33(46)37(43-31)45-34/h11-18,22,24,29,32-33,35,48H,4-10,19-21,23H2,1-3H3,(H,41,42)(H,43,45)(H,44,51)/t29-,32-,33-,35+/m0/s1. The van der Waals surface area contributed by atoms with Crippen LogP contribution < -0.4 is 5.32 Å². The average Bonchev–Trinajstić information content (AvgIpc) is 4.01. The molecule has 2 saturated heterocycles. The summed E-state index contributed by atoms with van der Waals surface area (Å²) in [4.78, 5) is 58.9. The monoisotopic (exact) mass is 723 g/mol. The third kappa shape index (κ3) is 7.72. The maximum Gasteiger partial charge on any atom is 0.407 e. The highest BCUT2D eigenvalue weighted by atomic mass is 16.5. The Balaban J connectivity index is 1.07. The first-order chi connectivity index (χ1) is 25.7. The molecule has 0 unspecified atom stereocenters. The Morgan fingerprint density at radius 1 is 0.887 bits per heavy atom. The first kappa shape index (κ1) is 36.4. The summed E-state index contributed by atoms with van der Waals surface area (Å²) < 4.78 is 10.9. The number of carbonyl (C=O) groups excluding carboxylic acids is 3. The SMILES string of the molecule is COC(=O)N[C@H]1CCCCOCc2[nH]c(nc2-c2ccc(-c3ccc(-c4cnc([C@@H]5CCCN5C(=O)[C@H](O)C(C)C)[nH]4)cc3)cc2)[C@@H]2CCCN2C1=O. The minimum absolute atomic E-state index is 0.115. The number of fused-ring (bicyclic) bond motifs is 4. The molecule has 2 aromatic heterocycles. The van der Waals surface area contributed by atoms with Crippen molar-refractivity contribution in [2.75, 3.05) is 26.8 Å². The fourth-order valence-electron chi connectivity index (χ4n) is 7.72. The molecule has 4 aromatic rings. The van der Waals surface area contributed by atoms with Gasteiger partial charge in [0.2, 0.25) is 5.91 Å². The van der Waals surface area contributed by atoms with Crippen molar-refractivity contribution >= 4 is 17.9 Å². The van der Waals surface area contributed by atoms with E-state index in [4.69, 9.17) is 14.5 Å². The molecule has 13 nitrogen and oxygen atoms in total. The normalized spacial score (nSPS) is 21.5. The van der Waals surface area contributed by atoms with Gasteiger partial charge in [-0.25, -0.2) is 14.8 Å². The van der Waals surface area contributed by atoms with Crippen LogP contribution in [0.15, 0.2) is 54.7 Å². The Morgan fingerprint density at radius 2 is 1.57 bits per heavy atom. The number of carbonyl (C=O) groups is 3. The van der Waals surface area contributed by atoms with Crippen molar-refractivity contribution in [1.29, 1.82) is 0 Å². The molecular formula is C40H49N7O6. The van der Waals surface area contributed by atoms with Crippen molar-refractivity contribution in [2.45, 2.75) is 89.6 Å². The number of hydrogen-bond donors (Lipinski definition) is 4. The zero-order valence-electron chi connectivity index (χ0n) is 30.6. The summed E-state index contributed by atoms with van der Waals surface area (Å²) in [6.07, 6.45) is 5.49. The fourth-order valence-corrected chi connectivity index (χ4v) is 7.72. The number of alkyl carbamates (subject to hydrolysis) is 1. The minimum atomic E-state index is -1.01. The molecule has 7 rings (SSSR count). The number of rotatable bonds is 7. The molecule has 3 aliphatic heterocycles. The highest BCUT2D eigenvalue weighted by molar-refractivity contribution is 5.86. The smallest absolute Gasteiger partial charge is 0.407 e. The molecule has 53 heavy (non-hydrogen) atoms. The quantitative estimate of drug-likeness (QED) is 0.183. The predicted molar refractivity (Wildman–Crippen MR) is 198 cm³/mol. The van der Waals surface area contributed by atoms with Crippen LogP contribution in [0.2, 0.25) is 0 Å². The Bertz CT molecular complexity index is 1900. The van der Waals surface area contributed by atoms with E-state index >= 15 is 0 Å².